The van der Waals surface area contributed by atoms with E-state index in [-0.39, 0.29) is 5.56 Å². The lowest BCUT2D eigenvalue weighted by Gasteiger charge is -2.08. The third-order valence-corrected chi connectivity index (χ3v) is 3.65. The maximum absolute atomic E-state index is 13.8. The van der Waals surface area contributed by atoms with Crippen molar-refractivity contribution >= 4 is 5.69 Å². The zero-order chi connectivity index (χ0) is 13.4. The molecule has 2 aromatic rings. The van der Waals surface area contributed by atoms with Crippen molar-refractivity contribution in [1.82, 2.24) is 9.78 Å². The first-order valence-electron chi connectivity index (χ1n) is 6.45. The van der Waals surface area contributed by atoms with Gasteiger partial charge in [0.1, 0.15) is 17.3 Å². The van der Waals surface area contributed by atoms with Crippen LogP contribution in [-0.4, -0.2) is 9.78 Å². The number of benzene rings is 1. The molecule has 1 saturated carbocycles. The standard InChI is InChI=1S/C14H15F2N3/c15-9-5-6-11(12(16)7-9)14-13(17)8-19(18-14)10-3-1-2-4-10/h5-8,10H,1-4,17H2. The highest BCUT2D eigenvalue weighted by Gasteiger charge is 2.20. The molecule has 1 aliphatic rings. The van der Waals surface area contributed by atoms with Crippen LogP contribution in [0.1, 0.15) is 31.7 Å². The molecular formula is C14H15F2N3. The number of nitrogen functional groups attached to an aromatic ring is 1. The summed E-state index contributed by atoms with van der Waals surface area (Å²) in [6.45, 7) is 0. The number of halogens is 2. The molecule has 1 aromatic heterocycles. The Morgan fingerprint density at radius 3 is 2.63 bits per heavy atom. The monoisotopic (exact) mass is 263 g/mol. The van der Waals surface area contributed by atoms with E-state index in [0.717, 1.165) is 18.9 Å². The minimum absolute atomic E-state index is 0.246. The van der Waals surface area contributed by atoms with Crippen LogP contribution in [-0.2, 0) is 0 Å². The van der Waals surface area contributed by atoms with E-state index in [0.29, 0.717) is 17.4 Å². The van der Waals surface area contributed by atoms with Crippen molar-refractivity contribution in [3.8, 4) is 11.3 Å². The number of hydrogen-bond acceptors (Lipinski definition) is 2. The molecular weight excluding hydrogens is 248 g/mol. The maximum Gasteiger partial charge on any atom is 0.135 e. The zero-order valence-electron chi connectivity index (χ0n) is 10.4. The summed E-state index contributed by atoms with van der Waals surface area (Å²) < 4.78 is 28.5. The van der Waals surface area contributed by atoms with Gasteiger partial charge in [-0.15, -0.1) is 0 Å². The Morgan fingerprint density at radius 1 is 1.21 bits per heavy atom. The van der Waals surface area contributed by atoms with Crippen molar-refractivity contribution in [2.24, 2.45) is 0 Å². The summed E-state index contributed by atoms with van der Waals surface area (Å²) in [7, 11) is 0. The molecule has 0 saturated heterocycles. The lowest BCUT2D eigenvalue weighted by Crippen LogP contribution is -2.05. The van der Waals surface area contributed by atoms with Gasteiger partial charge in [0.25, 0.3) is 0 Å². The van der Waals surface area contributed by atoms with E-state index >= 15 is 0 Å². The van der Waals surface area contributed by atoms with Crippen LogP contribution in [0.25, 0.3) is 11.3 Å². The molecule has 0 unspecified atom stereocenters. The molecule has 0 amide bonds. The average Bonchev–Trinajstić information content (AvgIpc) is 2.98. The highest BCUT2D eigenvalue weighted by Crippen LogP contribution is 2.33. The van der Waals surface area contributed by atoms with Crippen LogP contribution in [0.3, 0.4) is 0 Å². The topological polar surface area (TPSA) is 43.8 Å². The van der Waals surface area contributed by atoms with Gasteiger partial charge in [-0.3, -0.25) is 4.68 Å². The van der Waals surface area contributed by atoms with Crippen molar-refractivity contribution in [3.05, 3.63) is 36.0 Å². The first-order chi connectivity index (χ1) is 9.15. The first-order valence-corrected chi connectivity index (χ1v) is 6.45. The fourth-order valence-electron chi connectivity index (χ4n) is 2.65. The Morgan fingerprint density at radius 2 is 1.95 bits per heavy atom. The van der Waals surface area contributed by atoms with Crippen LogP contribution >= 0.6 is 0 Å². The third kappa shape index (κ3) is 2.20. The molecule has 0 atom stereocenters. The van der Waals surface area contributed by atoms with Crippen LogP contribution in [0.4, 0.5) is 14.5 Å². The molecule has 1 heterocycles. The lowest BCUT2D eigenvalue weighted by molar-refractivity contribution is 0.468. The normalized spacial score (nSPS) is 16.1. The van der Waals surface area contributed by atoms with Gasteiger partial charge in [-0.1, -0.05) is 12.8 Å². The Bertz CT molecular complexity index is 601. The summed E-state index contributed by atoms with van der Waals surface area (Å²) in [6.07, 6.45) is 6.27. The zero-order valence-corrected chi connectivity index (χ0v) is 10.4. The Balaban J connectivity index is 2.00. The highest BCUT2D eigenvalue weighted by molar-refractivity contribution is 5.72. The molecule has 2 N–H and O–H groups in total. The van der Waals surface area contributed by atoms with Gasteiger partial charge in [-0.05, 0) is 25.0 Å². The van der Waals surface area contributed by atoms with Crippen molar-refractivity contribution in [3.63, 3.8) is 0 Å². The molecule has 0 radical (unpaired) electrons. The van der Waals surface area contributed by atoms with Crippen LogP contribution in [0.15, 0.2) is 24.4 Å². The van der Waals surface area contributed by atoms with Crippen molar-refractivity contribution in [2.75, 3.05) is 5.73 Å². The first kappa shape index (κ1) is 12.1. The summed E-state index contributed by atoms with van der Waals surface area (Å²) in [5.74, 6) is -1.24. The highest BCUT2D eigenvalue weighted by atomic mass is 19.1. The van der Waals surface area contributed by atoms with E-state index in [1.807, 2.05) is 4.68 Å². The quantitative estimate of drug-likeness (QED) is 0.900. The fraction of sp³-hybridized carbons (Fsp3) is 0.357. The van der Waals surface area contributed by atoms with Gasteiger partial charge in [0.15, 0.2) is 0 Å². The van der Waals surface area contributed by atoms with E-state index in [4.69, 9.17) is 5.73 Å². The smallest absolute Gasteiger partial charge is 0.135 e. The van der Waals surface area contributed by atoms with Crippen LogP contribution < -0.4 is 5.73 Å². The minimum atomic E-state index is -0.636. The number of aromatic nitrogens is 2. The van der Waals surface area contributed by atoms with Gasteiger partial charge in [-0.2, -0.15) is 5.10 Å². The third-order valence-electron chi connectivity index (χ3n) is 3.65. The largest absolute Gasteiger partial charge is 0.396 e. The predicted molar refractivity (Wildman–Crippen MR) is 69.5 cm³/mol. The fourth-order valence-corrected chi connectivity index (χ4v) is 2.65. The Kier molecular flexibility index (Phi) is 2.97. The van der Waals surface area contributed by atoms with E-state index in [2.05, 4.69) is 5.10 Å². The summed E-state index contributed by atoms with van der Waals surface area (Å²) >= 11 is 0. The van der Waals surface area contributed by atoms with E-state index in [9.17, 15) is 8.78 Å². The molecule has 1 fully saturated rings. The van der Waals surface area contributed by atoms with Crippen LogP contribution in [0.2, 0.25) is 0 Å². The molecule has 0 spiro atoms. The number of nitrogens with zero attached hydrogens (tertiary/aromatic N) is 2. The molecule has 0 bridgehead atoms. The Labute approximate surface area is 110 Å². The number of hydrogen-bond donors (Lipinski definition) is 1. The van der Waals surface area contributed by atoms with Gasteiger partial charge in [-0.25, -0.2) is 8.78 Å². The molecule has 1 aromatic carbocycles. The second-order valence-corrected chi connectivity index (χ2v) is 4.98. The van der Waals surface area contributed by atoms with Gasteiger partial charge >= 0.3 is 0 Å². The number of nitrogens with two attached hydrogens (primary N) is 1. The molecule has 3 rings (SSSR count). The number of anilines is 1. The summed E-state index contributed by atoms with van der Waals surface area (Å²) in [5, 5.41) is 4.38. The minimum Gasteiger partial charge on any atom is -0.396 e. The van der Waals surface area contributed by atoms with E-state index < -0.39 is 11.6 Å². The molecule has 0 aliphatic heterocycles. The van der Waals surface area contributed by atoms with E-state index in [1.165, 1.54) is 25.0 Å². The van der Waals surface area contributed by atoms with Crippen LogP contribution in [0, 0.1) is 11.6 Å². The van der Waals surface area contributed by atoms with Gasteiger partial charge in [0.05, 0.1) is 11.7 Å². The maximum atomic E-state index is 13.8. The van der Waals surface area contributed by atoms with Gasteiger partial charge in [0.2, 0.25) is 0 Å². The van der Waals surface area contributed by atoms with Crippen molar-refractivity contribution in [2.45, 2.75) is 31.7 Å². The molecule has 5 heteroatoms. The second kappa shape index (κ2) is 4.64. The van der Waals surface area contributed by atoms with Gasteiger partial charge in [0, 0.05) is 17.8 Å². The second-order valence-electron chi connectivity index (χ2n) is 4.98. The predicted octanol–water partition coefficient (Wildman–Crippen LogP) is 3.53. The van der Waals surface area contributed by atoms with E-state index in [1.54, 1.807) is 6.20 Å². The van der Waals surface area contributed by atoms with Gasteiger partial charge < -0.3 is 5.73 Å². The molecule has 19 heavy (non-hydrogen) atoms. The van der Waals surface area contributed by atoms with Crippen molar-refractivity contribution < 1.29 is 8.78 Å². The summed E-state index contributed by atoms with van der Waals surface area (Å²) in [4.78, 5) is 0. The Hall–Kier alpha value is -1.91. The lowest BCUT2D eigenvalue weighted by atomic mass is 10.1. The molecule has 100 valence electrons. The summed E-state index contributed by atoms with van der Waals surface area (Å²) in [5.41, 5.74) is 6.97. The summed E-state index contributed by atoms with van der Waals surface area (Å²) in [6, 6.07) is 3.79. The van der Waals surface area contributed by atoms with Crippen LogP contribution in [0.5, 0.6) is 0 Å². The molecule has 3 nitrogen and oxygen atoms in total. The number of rotatable bonds is 2. The SMILES string of the molecule is Nc1cn(C2CCCC2)nc1-c1ccc(F)cc1F. The molecule has 1 aliphatic carbocycles. The van der Waals surface area contributed by atoms with Crippen molar-refractivity contribution in [1.29, 1.82) is 0 Å². The average molecular weight is 263 g/mol.